The molecule has 2 heterocycles. The van der Waals surface area contributed by atoms with Crippen molar-refractivity contribution < 1.29 is 4.79 Å². The van der Waals surface area contributed by atoms with Gasteiger partial charge in [0.15, 0.2) is 5.82 Å². The van der Waals surface area contributed by atoms with E-state index >= 15 is 0 Å². The summed E-state index contributed by atoms with van der Waals surface area (Å²) >= 11 is 0. The molecule has 1 aliphatic carbocycles. The molecule has 1 aromatic rings. The molecule has 5 heteroatoms. The standard InChI is InChI=1S/C17H28N4O/c1-3-4-12-21-17(13(2)20-11-7-10-15(20)22)18-16(19-21)14-8-5-6-9-14/h13-14H,3-12H2,1-2H3. The van der Waals surface area contributed by atoms with Crippen LogP contribution < -0.4 is 0 Å². The maximum atomic E-state index is 12.0. The molecule has 1 aromatic heterocycles. The third-order valence-corrected chi connectivity index (χ3v) is 5.11. The van der Waals surface area contributed by atoms with Crippen molar-refractivity contribution in [1.29, 1.82) is 0 Å². The predicted molar refractivity (Wildman–Crippen MR) is 85.5 cm³/mol. The lowest BCUT2D eigenvalue weighted by molar-refractivity contribution is -0.129. The Kier molecular flexibility index (Phi) is 4.79. The van der Waals surface area contributed by atoms with Gasteiger partial charge >= 0.3 is 0 Å². The van der Waals surface area contributed by atoms with Crippen LogP contribution >= 0.6 is 0 Å². The Hall–Kier alpha value is -1.39. The van der Waals surface area contributed by atoms with Gasteiger partial charge in [-0.3, -0.25) is 4.79 Å². The summed E-state index contributed by atoms with van der Waals surface area (Å²) < 4.78 is 2.08. The van der Waals surface area contributed by atoms with Crippen LogP contribution in [0.2, 0.25) is 0 Å². The molecule has 1 saturated heterocycles. The van der Waals surface area contributed by atoms with Gasteiger partial charge < -0.3 is 4.90 Å². The van der Waals surface area contributed by atoms with Gasteiger partial charge in [0.1, 0.15) is 5.82 Å². The van der Waals surface area contributed by atoms with Gasteiger partial charge in [-0.2, -0.15) is 5.10 Å². The third kappa shape index (κ3) is 3.03. The van der Waals surface area contributed by atoms with Crippen molar-refractivity contribution in [3.63, 3.8) is 0 Å². The molecule has 22 heavy (non-hydrogen) atoms. The number of aromatic nitrogens is 3. The van der Waals surface area contributed by atoms with Crippen LogP contribution in [0.15, 0.2) is 0 Å². The molecule has 0 spiro atoms. The van der Waals surface area contributed by atoms with Crippen LogP contribution in [0.25, 0.3) is 0 Å². The molecule has 0 bridgehead atoms. The Morgan fingerprint density at radius 1 is 1.27 bits per heavy atom. The number of likely N-dealkylation sites (tertiary alicyclic amines) is 1. The number of nitrogens with zero attached hydrogens (tertiary/aromatic N) is 4. The molecular weight excluding hydrogens is 276 g/mol. The second-order valence-electron chi connectivity index (χ2n) is 6.75. The normalized spacial score (nSPS) is 21.0. The summed E-state index contributed by atoms with van der Waals surface area (Å²) in [5.74, 6) is 2.80. The van der Waals surface area contributed by atoms with Crippen molar-refractivity contribution in [3.8, 4) is 0 Å². The van der Waals surface area contributed by atoms with Gasteiger partial charge in [0.25, 0.3) is 0 Å². The fourth-order valence-corrected chi connectivity index (χ4v) is 3.73. The van der Waals surface area contributed by atoms with E-state index in [9.17, 15) is 4.79 Å². The van der Waals surface area contributed by atoms with Gasteiger partial charge in [-0.25, -0.2) is 9.67 Å². The van der Waals surface area contributed by atoms with Crippen LogP contribution in [-0.2, 0) is 11.3 Å². The van der Waals surface area contributed by atoms with Crippen LogP contribution in [0.4, 0.5) is 0 Å². The van der Waals surface area contributed by atoms with E-state index in [4.69, 9.17) is 10.1 Å². The molecule has 1 saturated carbocycles. The van der Waals surface area contributed by atoms with Crippen molar-refractivity contribution in [3.05, 3.63) is 11.6 Å². The lowest BCUT2D eigenvalue weighted by Gasteiger charge is -2.23. The van der Waals surface area contributed by atoms with Crippen molar-refractivity contribution in [1.82, 2.24) is 19.7 Å². The molecule has 1 amide bonds. The van der Waals surface area contributed by atoms with Crippen molar-refractivity contribution >= 4 is 5.91 Å². The Labute approximate surface area is 133 Å². The number of hydrogen-bond acceptors (Lipinski definition) is 3. The average molecular weight is 304 g/mol. The van der Waals surface area contributed by atoms with Gasteiger partial charge in [0.05, 0.1) is 6.04 Å². The maximum absolute atomic E-state index is 12.0. The highest BCUT2D eigenvalue weighted by molar-refractivity contribution is 5.78. The minimum absolute atomic E-state index is 0.0505. The monoisotopic (exact) mass is 304 g/mol. The number of rotatable bonds is 6. The van der Waals surface area contributed by atoms with E-state index < -0.39 is 0 Å². The number of amides is 1. The summed E-state index contributed by atoms with van der Waals surface area (Å²) in [6.45, 7) is 6.08. The van der Waals surface area contributed by atoms with Gasteiger partial charge in [-0.1, -0.05) is 26.2 Å². The number of hydrogen-bond donors (Lipinski definition) is 0. The van der Waals surface area contributed by atoms with E-state index in [-0.39, 0.29) is 11.9 Å². The van der Waals surface area contributed by atoms with E-state index in [1.54, 1.807) is 0 Å². The molecular formula is C17H28N4O. The van der Waals surface area contributed by atoms with E-state index in [0.717, 1.165) is 44.0 Å². The van der Waals surface area contributed by atoms with Crippen LogP contribution in [0.3, 0.4) is 0 Å². The smallest absolute Gasteiger partial charge is 0.223 e. The highest BCUT2D eigenvalue weighted by atomic mass is 16.2. The Morgan fingerprint density at radius 2 is 2.05 bits per heavy atom. The van der Waals surface area contributed by atoms with E-state index in [1.807, 2.05) is 4.90 Å². The van der Waals surface area contributed by atoms with E-state index in [0.29, 0.717) is 12.3 Å². The molecule has 1 unspecified atom stereocenters. The molecule has 2 fully saturated rings. The number of carbonyl (C=O) groups excluding carboxylic acids is 1. The second-order valence-corrected chi connectivity index (χ2v) is 6.75. The van der Waals surface area contributed by atoms with Crippen LogP contribution in [-0.4, -0.2) is 32.1 Å². The predicted octanol–water partition coefficient (Wildman–Crippen LogP) is 3.42. The molecule has 5 nitrogen and oxygen atoms in total. The minimum Gasteiger partial charge on any atom is -0.333 e. The molecule has 1 aliphatic heterocycles. The van der Waals surface area contributed by atoms with E-state index in [1.165, 1.54) is 25.7 Å². The average Bonchev–Trinajstić information content (AvgIpc) is 3.24. The maximum Gasteiger partial charge on any atom is 0.223 e. The first-order valence-electron chi connectivity index (χ1n) is 8.94. The first-order chi connectivity index (χ1) is 10.7. The zero-order valence-corrected chi connectivity index (χ0v) is 13.9. The highest BCUT2D eigenvalue weighted by Gasteiger charge is 2.31. The molecule has 122 valence electrons. The number of carbonyl (C=O) groups is 1. The Morgan fingerprint density at radius 3 is 2.68 bits per heavy atom. The van der Waals surface area contributed by atoms with Crippen molar-refractivity contribution in [2.45, 2.75) is 83.7 Å². The lowest BCUT2D eigenvalue weighted by Crippen LogP contribution is -2.30. The number of aryl methyl sites for hydroxylation is 1. The lowest BCUT2D eigenvalue weighted by atomic mass is 10.1. The summed E-state index contributed by atoms with van der Waals surface area (Å²) in [7, 11) is 0. The Balaban J connectivity index is 1.84. The van der Waals surface area contributed by atoms with Crippen molar-refractivity contribution in [2.75, 3.05) is 6.54 Å². The first kappa shape index (κ1) is 15.5. The molecule has 1 atom stereocenters. The molecule has 3 rings (SSSR count). The quantitative estimate of drug-likeness (QED) is 0.809. The van der Waals surface area contributed by atoms with Crippen molar-refractivity contribution in [2.24, 2.45) is 0 Å². The summed E-state index contributed by atoms with van der Waals surface area (Å²) in [5, 5.41) is 4.81. The van der Waals surface area contributed by atoms with Gasteiger partial charge in [0, 0.05) is 25.4 Å². The van der Waals surface area contributed by atoms with Gasteiger partial charge in [-0.15, -0.1) is 0 Å². The SMILES string of the molecule is CCCCn1nc(C2CCCC2)nc1C(C)N1CCCC1=O. The summed E-state index contributed by atoms with van der Waals surface area (Å²) in [5.41, 5.74) is 0. The van der Waals surface area contributed by atoms with Gasteiger partial charge in [0.2, 0.25) is 5.91 Å². The fraction of sp³-hybridized carbons (Fsp3) is 0.824. The largest absolute Gasteiger partial charge is 0.333 e. The number of unbranched alkanes of at least 4 members (excludes halogenated alkanes) is 1. The zero-order valence-electron chi connectivity index (χ0n) is 13.9. The fourth-order valence-electron chi connectivity index (χ4n) is 3.73. The van der Waals surface area contributed by atoms with E-state index in [2.05, 4.69) is 18.5 Å². The summed E-state index contributed by atoms with van der Waals surface area (Å²) in [4.78, 5) is 18.9. The molecule has 2 aliphatic rings. The zero-order chi connectivity index (χ0) is 15.5. The highest BCUT2D eigenvalue weighted by Crippen LogP contribution is 2.33. The third-order valence-electron chi connectivity index (χ3n) is 5.11. The van der Waals surface area contributed by atoms with Crippen LogP contribution in [0, 0.1) is 0 Å². The summed E-state index contributed by atoms with van der Waals surface area (Å²) in [6.07, 6.45) is 8.94. The second kappa shape index (κ2) is 6.80. The topological polar surface area (TPSA) is 51.0 Å². The summed E-state index contributed by atoms with van der Waals surface area (Å²) in [6, 6.07) is 0.0505. The first-order valence-corrected chi connectivity index (χ1v) is 8.94. The minimum atomic E-state index is 0.0505. The molecule has 0 N–H and O–H groups in total. The van der Waals surface area contributed by atoms with Crippen LogP contribution in [0.1, 0.15) is 88.8 Å². The van der Waals surface area contributed by atoms with Gasteiger partial charge in [-0.05, 0) is 32.6 Å². The molecule has 0 radical (unpaired) electrons. The molecule has 0 aromatic carbocycles. The Bertz CT molecular complexity index is 519. The van der Waals surface area contributed by atoms with Crippen LogP contribution in [0.5, 0.6) is 0 Å².